The van der Waals surface area contributed by atoms with Crippen LogP contribution in [-0.4, -0.2) is 6.16 Å². The molecule has 0 aromatic heterocycles. The van der Waals surface area contributed by atoms with Crippen LogP contribution in [0.3, 0.4) is 0 Å². The lowest BCUT2D eigenvalue weighted by atomic mass is 10.0. The molecular weight excluding hydrogens is 214 g/mol. The van der Waals surface area contributed by atoms with Crippen molar-refractivity contribution in [2.75, 3.05) is 6.16 Å². The molecule has 0 N–H and O–H groups in total. The Kier molecular flexibility index (Phi) is 6.72. The van der Waals surface area contributed by atoms with E-state index in [2.05, 4.69) is 13.8 Å². The number of hydrogen-bond acceptors (Lipinski definition) is 1. The lowest BCUT2D eigenvalue weighted by molar-refractivity contribution is 0.489. The van der Waals surface area contributed by atoms with Crippen LogP contribution in [0, 0.1) is 5.92 Å². The molecule has 0 saturated carbocycles. The van der Waals surface area contributed by atoms with E-state index in [4.69, 9.17) is 22.5 Å². The van der Waals surface area contributed by atoms with Gasteiger partial charge in [0.2, 0.25) is 0 Å². The zero-order chi connectivity index (χ0) is 9.61. The van der Waals surface area contributed by atoms with Crippen molar-refractivity contribution in [1.29, 1.82) is 0 Å². The van der Waals surface area contributed by atoms with Gasteiger partial charge in [-0.3, -0.25) is 4.57 Å². The van der Waals surface area contributed by atoms with Crippen molar-refractivity contribution in [3.8, 4) is 0 Å². The summed E-state index contributed by atoms with van der Waals surface area (Å²) < 4.78 is 11.1. The summed E-state index contributed by atoms with van der Waals surface area (Å²) in [5.41, 5.74) is 0. The number of halogens is 2. The lowest BCUT2D eigenvalue weighted by Gasteiger charge is -2.13. The average Bonchev–Trinajstić information content (AvgIpc) is 1.95. The fourth-order valence-corrected chi connectivity index (χ4v) is 3.43. The number of rotatable bonds is 6. The van der Waals surface area contributed by atoms with Gasteiger partial charge in [0.25, 0.3) is 5.85 Å². The maximum Gasteiger partial charge on any atom is 0.253 e. The van der Waals surface area contributed by atoms with Crippen molar-refractivity contribution >= 4 is 28.3 Å². The van der Waals surface area contributed by atoms with Crippen molar-refractivity contribution in [2.24, 2.45) is 5.92 Å². The second kappa shape index (κ2) is 6.29. The minimum Gasteiger partial charge on any atom is -0.289 e. The van der Waals surface area contributed by atoms with Gasteiger partial charge >= 0.3 is 0 Å². The van der Waals surface area contributed by atoms with Gasteiger partial charge in [0.1, 0.15) is 0 Å². The zero-order valence-corrected chi connectivity index (χ0v) is 10.1. The third-order valence-electron chi connectivity index (χ3n) is 2.01. The van der Waals surface area contributed by atoms with E-state index in [9.17, 15) is 4.57 Å². The summed E-state index contributed by atoms with van der Waals surface area (Å²) in [6.07, 6.45) is 4.93. The summed E-state index contributed by atoms with van der Waals surface area (Å²) in [5.74, 6) is -2.40. The molecule has 0 heterocycles. The minimum atomic E-state index is -2.83. The topological polar surface area (TPSA) is 17.1 Å². The molecule has 0 aliphatic heterocycles. The average molecular weight is 231 g/mol. The molecule has 1 unspecified atom stereocenters. The van der Waals surface area contributed by atoms with Gasteiger partial charge in [-0.25, -0.2) is 0 Å². The third-order valence-corrected chi connectivity index (χ3v) is 3.78. The van der Waals surface area contributed by atoms with Crippen molar-refractivity contribution in [2.45, 2.75) is 39.5 Å². The van der Waals surface area contributed by atoms with Crippen molar-refractivity contribution in [3.05, 3.63) is 0 Å². The van der Waals surface area contributed by atoms with E-state index in [0.29, 0.717) is 12.1 Å². The van der Waals surface area contributed by atoms with Crippen LogP contribution in [0.5, 0.6) is 0 Å². The molecule has 0 saturated heterocycles. The van der Waals surface area contributed by atoms with Gasteiger partial charge in [0.05, 0.1) is 0 Å². The van der Waals surface area contributed by atoms with Crippen LogP contribution in [0.1, 0.15) is 39.5 Å². The molecule has 0 aromatic carbocycles. The highest BCUT2D eigenvalue weighted by Gasteiger charge is 2.19. The molecule has 0 fully saturated rings. The maximum absolute atomic E-state index is 11.1. The van der Waals surface area contributed by atoms with Gasteiger partial charge in [-0.1, -0.05) is 33.1 Å². The molecule has 4 heteroatoms. The van der Waals surface area contributed by atoms with Crippen LogP contribution in [-0.2, 0) is 4.57 Å². The first-order chi connectivity index (χ1) is 5.49. The molecule has 0 spiro atoms. The molecule has 0 aromatic rings. The van der Waals surface area contributed by atoms with E-state index in [-0.39, 0.29) is 0 Å². The first-order valence-corrected chi connectivity index (χ1v) is 8.18. The Balaban J connectivity index is 3.75. The summed E-state index contributed by atoms with van der Waals surface area (Å²) >= 11 is 11.0. The highest BCUT2D eigenvalue weighted by molar-refractivity contribution is 8.08. The maximum atomic E-state index is 11.1. The smallest absolute Gasteiger partial charge is 0.253 e. The molecule has 0 aliphatic rings. The van der Waals surface area contributed by atoms with Gasteiger partial charge in [0, 0.05) is 6.16 Å². The highest BCUT2D eigenvalue weighted by Crippen LogP contribution is 2.58. The fraction of sp³-hybridized carbons (Fsp3) is 1.00. The second-order valence-corrected chi connectivity index (χ2v) is 8.47. The molecular formula is C8H17Cl2OP. The van der Waals surface area contributed by atoms with E-state index in [1.54, 1.807) is 0 Å². The first kappa shape index (κ1) is 12.8. The van der Waals surface area contributed by atoms with Crippen LogP contribution < -0.4 is 0 Å². The van der Waals surface area contributed by atoms with Crippen LogP contribution >= 0.6 is 28.3 Å². The summed E-state index contributed by atoms with van der Waals surface area (Å²) in [5, 5.41) is 0. The van der Waals surface area contributed by atoms with E-state index >= 15 is 0 Å². The monoisotopic (exact) mass is 230 g/mol. The minimum absolute atomic E-state index is 0.436. The Hall–Kier alpha value is 0.810. The van der Waals surface area contributed by atoms with Crippen molar-refractivity contribution in [1.82, 2.24) is 0 Å². The third kappa shape index (κ3) is 7.46. The molecule has 1 nitrogen and oxygen atoms in total. The number of unbranched alkanes of at least 4 members (excludes halogenated alkanes) is 1. The van der Waals surface area contributed by atoms with Crippen LogP contribution in [0.15, 0.2) is 0 Å². The Morgan fingerprint density at radius 3 is 2.25 bits per heavy atom. The van der Waals surface area contributed by atoms with Crippen molar-refractivity contribution < 1.29 is 4.57 Å². The van der Waals surface area contributed by atoms with Crippen LogP contribution in [0.4, 0.5) is 0 Å². The Morgan fingerprint density at radius 2 is 1.92 bits per heavy atom. The SMILES string of the molecule is CCCCC(CC)CP(=O)(Cl)Cl. The highest BCUT2D eigenvalue weighted by atomic mass is 35.9. The molecule has 0 amide bonds. The summed E-state index contributed by atoms with van der Waals surface area (Å²) in [4.78, 5) is 0. The molecule has 74 valence electrons. The van der Waals surface area contributed by atoms with E-state index in [1.165, 1.54) is 12.8 Å². The van der Waals surface area contributed by atoms with Crippen LogP contribution in [0.25, 0.3) is 0 Å². The standard InChI is InChI=1S/C8H17Cl2OP/c1-3-5-6-8(4-2)7-12(9,10)11/h8H,3-7H2,1-2H3. The predicted molar refractivity (Wildman–Crippen MR) is 57.5 cm³/mol. The molecule has 0 aliphatic carbocycles. The molecule has 0 rings (SSSR count). The summed E-state index contributed by atoms with van der Waals surface area (Å²) in [6, 6.07) is 0. The van der Waals surface area contributed by atoms with Crippen LogP contribution in [0.2, 0.25) is 0 Å². The molecule has 12 heavy (non-hydrogen) atoms. The molecule has 0 radical (unpaired) electrons. The zero-order valence-electron chi connectivity index (χ0n) is 7.72. The Labute approximate surface area is 84.8 Å². The fourth-order valence-electron chi connectivity index (χ4n) is 1.22. The first-order valence-electron chi connectivity index (χ1n) is 4.48. The quantitative estimate of drug-likeness (QED) is 0.595. The van der Waals surface area contributed by atoms with Gasteiger partial charge in [-0.2, -0.15) is 0 Å². The normalized spacial score (nSPS) is 14.7. The van der Waals surface area contributed by atoms with Crippen molar-refractivity contribution in [3.63, 3.8) is 0 Å². The van der Waals surface area contributed by atoms with E-state index in [1.807, 2.05) is 0 Å². The summed E-state index contributed by atoms with van der Waals surface area (Å²) in [6.45, 7) is 4.23. The van der Waals surface area contributed by atoms with Gasteiger partial charge in [-0.05, 0) is 34.8 Å². The second-order valence-electron chi connectivity index (χ2n) is 3.17. The Morgan fingerprint density at radius 1 is 1.33 bits per heavy atom. The predicted octanol–water partition coefficient (Wildman–Crippen LogP) is 4.87. The lowest BCUT2D eigenvalue weighted by Crippen LogP contribution is -2.02. The largest absolute Gasteiger partial charge is 0.289 e. The van der Waals surface area contributed by atoms with E-state index < -0.39 is 5.85 Å². The van der Waals surface area contributed by atoms with Gasteiger partial charge < -0.3 is 0 Å². The van der Waals surface area contributed by atoms with Gasteiger partial charge in [-0.15, -0.1) is 0 Å². The van der Waals surface area contributed by atoms with Gasteiger partial charge in [0.15, 0.2) is 0 Å². The molecule has 1 atom stereocenters. The Bertz CT molecular complexity index is 155. The molecule has 0 bridgehead atoms. The summed E-state index contributed by atoms with van der Waals surface area (Å²) in [7, 11) is 0. The van der Waals surface area contributed by atoms with E-state index in [0.717, 1.165) is 12.8 Å². The number of hydrogen-bond donors (Lipinski definition) is 0.